The molecule has 0 atom stereocenters. The number of nitrogens with one attached hydrogen (secondary N) is 1. The lowest BCUT2D eigenvalue weighted by Gasteiger charge is -2.15. The number of hydrogen-bond acceptors (Lipinski definition) is 4. The van der Waals surface area contributed by atoms with E-state index in [1.54, 1.807) is 0 Å². The van der Waals surface area contributed by atoms with Gasteiger partial charge in [-0.3, -0.25) is 19.6 Å². The van der Waals surface area contributed by atoms with E-state index in [0.29, 0.717) is 18.5 Å². The second-order valence-corrected chi connectivity index (χ2v) is 6.10. The van der Waals surface area contributed by atoms with Gasteiger partial charge in [-0.2, -0.15) is 0 Å². The van der Waals surface area contributed by atoms with Crippen LogP contribution in [0.2, 0.25) is 0 Å². The molecule has 98 valence electrons. The summed E-state index contributed by atoms with van der Waals surface area (Å²) in [5.74, 6) is -2.40. The lowest BCUT2D eigenvalue weighted by atomic mass is 10.5. The summed E-state index contributed by atoms with van der Waals surface area (Å²) in [6.07, 6.45) is 1.27. The number of hydroxylamine groups is 1. The molecule has 17 heavy (non-hydrogen) atoms. The molecule has 0 rings (SSSR count). The zero-order valence-corrected chi connectivity index (χ0v) is 10.2. The van der Waals surface area contributed by atoms with Crippen molar-refractivity contribution in [2.45, 2.75) is 19.3 Å². The first-order valence-electron chi connectivity index (χ1n) is 5.04. The number of carbonyl (C=O) groups is 3. The van der Waals surface area contributed by atoms with Gasteiger partial charge in [0.2, 0.25) is 5.91 Å². The largest absolute Gasteiger partial charge is 0.481 e. The molecule has 0 aliphatic heterocycles. The van der Waals surface area contributed by atoms with E-state index in [0.717, 1.165) is 0 Å². The summed E-state index contributed by atoms with van der Waals surface area (Å²) in [4.78, 5) is 31.6. The van der Waals surface area contributed by atoms with E-state index in [2.05, 4.69) is 0 Å². The number of amides is 1. The van der Waals surface area contributed by atoms with Gasteiger partial charge in [0.25, 0.3) is 0 Å². The van der Waals surface area contributed by atoms with Crippen molar-refractivity contribution in [1.82, 2.24) is 5.48 Å². The van der Waals surface area contributed by atoms with E-state index in [9.17, 15) is 14.4 Å². The van der Waals surface area contributed by atoms with Gasteiger partial charge in [0, 0.05) is 19.3 Å². The van der Waals surface area contributed by atoms with Gasteiger partial charge in [-0.05, 0) is 18.5 Å². The predicted octanol–water partition coefficient (Wildman–Crippen LogP) is 0.313. The van der Waals surface area contributed by atoms with Gasteiger partial charge < -0.3 is 10.2 Å². The van der Waals surface area contributed by atoms with Crippen LogP contribution in [-0.4, -0.2) is 51.8 Å². The van der Waals surface area contributed by atoms with Gasteiger partial charge in [0.05, 0.1) is 0 Å². The molecular weight excluding hydrogens is 249 g/mol. The highest BCUT2D eigenvalue weighted by molar-refractivity contribution is 7.57. The molecule has 0 fully saturated rings. The van der Waals surface area contributed by atoms with Crippen molar-refractivity contribution in [1.29, 1.82) is 0 Å². The van der Waals surface area contributed by atoms with E-state index >= 15 is 0 Å². The molecule has 0 saturated carbocycles. The Hall–Kier alpha value is -1.20. The zero-order chi connectivity index (χ0) is 13.3. The Morgan fingerprint density at radius 1 is 0.882 bits per heavy atom. The van der Waals surface area contributed by atoms with Crippen LogP contribution in [0.1, 0.15) is 19.3 Å². The fraction of sp³-hybridized carbons (Fsp3) is 0.667. The average molecular weight is 265 g/mol. The molecule has 7 nitrogen and oxygen atoms in total. The molecule has 0 bridgehead atoms. The maximum atomic E-state index is 10.8. The molecule has 0 heterocycles. The van der Waals surface area contributed by atoms with Crippen LogP contribution in [0.5, 0.6) is 0 Å². The smallest absolute Gasteiger partial charge is 0.303 e. The van der Waals surface area contributed by atoms with Crippen LogP contribution in [0.4, 0.5) is 0 Å². The third-order valence-electron chi connectivity index (χ3n) is 2.06. The van der Waals surface area contributed by atoms with Crippen LogP contribution < -0.4 is 5.48 Å². The highest BCUT2D eigenvalue weighted by atomic mass is 31.1. The van der Waals surface area contributed by atoms with Gasteiger partial charge in [-0.15, -0.1) is 7.92 Å². The minimum absolute atomic E-state index is 0.0218. The minimum atomic E-state index is -0.931. The molecule has 0 unspecified atom stereocenters. The Balaban J connectivity index is 4.04. The quantitative estimate of drug-likeness (QED) is 0.270. The van der Waals surface area contributed by atoms with E-state index in [-0.39, 0.29) is 19.3 Å². The summed E-state index contributed by atoms with van der Waals surface area (Å²) in [5, 5.41) is 25.4. The summed E-state index contributed by atoms with van der Waals surface area (Å²) in [7, 11) is -0.798. The zero-order valence-electron chi connectivity index (χ0n) is 9.26. The SMILES string of the molecule is O=C(O)CCP(CCC(=O)O)CCC(=O)NO. The second-order valence-electron chi connectivity index (χ2n) is 3.41. The number of aliphatic carboxylic acids is 2. The molecule has 0 radical (unpaired) electrons. The van der Waals surface area contributed by atoms with Crippen molar-refractivity contribution < 1.29 is 29.8 Å². The fourth-order valence-electron chi connectivity index (χ4n) is 1.16. The van der Waals surface area contributed by atoms with Crippen molar-refractivity contribution in [2.24, 2.45) is 0 Å². The summed E-state index contributed by atoms with van der Waals surface area (Å²) < 4.78 is 0. The lowest BCUT2D eigenvalue weighted by molar-refractivity contribution is -0.137. The van der Waals surface area contributed by atoms with Crippen LogP contribution in [0.15, 0.2) is 0 Å². The molecule has 0 aromatic carbocycles. The average Bonchev–Trinajstić information content (AvgIpc) is 2.26. The van der Waals surface area contributed by atoms with Crippen LogP contribution in [0.25, 0.3) is 0 Å². The molecule has 8 heteroatoms. The Morgan fingerprint density at radius 2 is 1.29 bits per heavy atom. The molecule has 0 aromatic heterocycles. The summed E-state index contributed by atoms with van der Waals surface area (Å²) in [6.45, 7) is 0. The Labute approximate surface area is 99.5 Å². The van der Waals surface area contributed by atoms with Gasteiger partial charge in [-0.25, -0.2) is 5.48 Å². The molecule has 1 amide bonds. The van der Waals surface area contributed by atoms with Gasteiger partial charge in [0.15, 0.2) is 0 Å². The Bertz CT molecular complexity index is 265. The monoisotopic (exact) mass is 265 g/mol. The van der Waals surface area contributed by atoms with Gasteiger partial charge in [-0.1, -0.05) is 0 Å². The third-order valence-corrected chi connectivity index (χ3v) is 4.63. The molecule has 0 aliphatic carbocycles. The maximum absolute atomic E-state index is 10.8. The second kappa shape index (κ2) is 8.90. The lowest BCUT2D eigenvalue weighted by Crippen LogP contribution is -2.19. The Kier molecular flexibility index (Phi) is 8.27. The molecule has 4 N–H and O–H groups in total. The number of carbonyl (C=O) groups excluding carboxylic acids is 1. The highest BCUT2D eigenvalue weighted by Gasteiger charge is 2.13. The van der Waals surface area contributed by atoms with Gasteiger partial charge >= 0.3 is 11.9 Å². The number of carboxylic acids is 2. The van der Waals surface area contributed by atoms with Gasteiger partial charge in [0.1, 0.15) is 0 Å². The molecular formula is C9H16NO6P. The number of hydrogen-bond donors (Lipinski definition) is 4. The third kappa shape index (κ3) is 9.71. The first-order chi connectivity index (χ1) is 7.95. The minimum Gasteiger partial charge on any atom is -0.481 e. The topological polar surface area (TPSA) is 124 Å². The first kappa shape index (κ1) is 15.8. The molecule has 0 aliphatic rings. The molecule has 0 saturated heterocycles. The van der Waals surface area contributed by atoms with Crippen LogP contribution in [-0.2, 0) is 14.4 Å². The van der Waals surface area contributed by atoms with Crippen LogP contribution >= 0.6 is 7.92 Å². The standard InChI is InChI=1S/C9H16NO6P/c11-7(10-16)1-4-17(5-2-8(12)13)6-3-9(14)15/h16H,1-6H2,(H,10,11)(H,12,13)(H,14,15). The first-order valence-corrected chi connectivity index (χ1v) is 6.94. The van der Waals surface area contributed by atoms with E-state index < -0.39 is 25.8 Å². The van der Waals surface area contributed by atoms with Crippen molar-refractivity contribution in [3.05, 3.63) is 0 Å². The molecule has 0 aromatic rings. The molecule has 0 spiro atoms. The normalized spacial score (nSPS) is 10.2. The number of rotatable bonds is 9. The maximum Gasteiger partial charge on any atom is 0.303 e. The summed E-state index contributed by atoms with van der Waals surface area (Å²) in [5.41, 5.74) is 1.49. The van der Waals surface area contributed by atoms with E-state index in [1.807, 2.05) is 0 Å². The van der Waals surface area contributed by atoms with Crippen molar-refractivity contribution >= 4 is 25.8 Å². The van der Waals surface area contributed by atoms with Crippen LogP contribution in [0, 0.1) is 0 Å². The summed E-state index contributed by atoms with van der Waals surface area (Å²) in [6, 6.07) is 0. The van der Waals surface area contributed by atoms with E-state index in [4.69, 9.17) is 15.4 Å². The van der Waals surface area contributed by atoms with Crippen molar-refractivity contribution in [3.8, 4) is 0 Å². The highest BCUT2D eigenvalue weighted by Crippen LogP contribution is 2.37. The van der Waals surface area contributed by atoms with Crippen LogP contribution in [0.3, 0.4) is 0 Å². The van der Waals surface area contributed by atoms with Crippen molar-refractivity contribution in [3.63, 3.8) is 0 Å². The fourth-order valence-corrected chi connectivity index (χ4v) is 3.36. The Morgan fingerprint density at radius 3 is 1.65 bits per heavy atom. The summed E-state index contributed by atoms with van der Waals surface area (Å²) >= 11 is 0. The number of carboxylic acid groups (broad SMARTS) is 2. The predicted molar refractivity (Wildman–Crippen MR) is 60.6 cm³/mol. The van der Waals surface area contributed by atoms with Crippen molar-refractivity contribution in [2.75, 3.05) is 18.5 Å². The van der Waals surface area contributed by atoms with E-state index in [1.165, 1.54) is 5.48 Å².